The fourth-order valence-corrected chi connectivity index (χ4v) is 7.57. The summed E-state index contributed by atoms with van der Waals surface area (Å²) in [5.74, 6) is 1.21. The standard InChI is InChI=1S/C22H32N2O3/c1-19-7-5-15(25)13-14(19)3-4-17-16(19)6-8-20(2)21(17,26)9-10-22(20,27)18-23-11-12-24-18/h11-13,15-17,25-27H,3-10H2,1-2H3,(H,23,24)/t15?,16-,17-,19+,20+,21-,22?/m1/s1. The van der Waals surface area contributed by atoms with Gasteiger partial charge in [-0.15, -0.1) is 0 Å². The molecule has 4 aliphatic rings. The second kappa shape index (κ2) is 5.46. The summed E-state index contributed by atoms with van der Waals surface area (Å²) in [6, 6.07) is 0. The van der Waals surface area contributed by atoms with Crippen molar-refractivity contribution >= 4 is 0 Å². The first kappa shape index (κ1) is 17.9. The number of aliphatic hydroxyl groups excluding tert-OH is 1. The van der Waals surface area contributed by atoms with Gasteiger partial charge in [0.15, 0.2) is 0 Å². The lowest BCUT2D eigenvalue weighted by molar-refractivity contribution is -0.223. The molecule has 0 radical (unpaired) electrons. The van der Waals surface area contributed by atoms with Gasteiger partial charge in [-0.25, -0.2) is 4.98 Å². The molecule has 3 saturated carbocycles. The van der Waals surface area contributed by atoms with E-state index in [1.54, 1.807) is 12.4 Å². The molecule has 0 spiro atoms. The summed E-state index contributed by atoms with van der Waals surface area (Å²) in [7, 11) is 0. The zero-order valence-electron chi connectivity index (χ0n) is 16.4. The summed E-state index contributed by atoms with van der Waals surface area (Å²) in [6.07, 6.45) is 11.9. The van der Waals surface area contributed by atoms with E-state index in [4.69, 9.17) is 0 Å². The Morgan fingerprint density at radius 1 is 1.04 bits per heavy atom. The van der Waals surface area contributed by atoms with E-state index >= 15 is 0 Å². The molecular weight excluding hydrogens is 340 g/mol. The maximum absolute atomic E-state index is 12.1. The molecular formula is C22H32N2O3. The van der Waals surface area contributed by atoms with E-state index in [1.165, 1.54) is 5.57 Å². The molecule has 1 heterocycles. The maximum atomic E-state index is 12.1. The number of nitrogens with zero attached hydrogens (tertiary/aromatic N) is 1. The molecule has 2 unspecified atom stereocenters. The molecule has 0 aromatic carbocycles. The Balaban J connectivity index is 1.56. The van der Waals surface area contributed by atoms with Crippen molar-refractivity contribution in [3.63, 3.8) is 0 Å². The third-order valence-electron chi connectivity index (χ3n) is 9.31. The number of hydrogen-bond acceptors (Lipinski definition) is 4. The van der Waals surface area contributed by atoms with E-state index < -0.39 is 16.6 Å². The van der Waals surface area contributed by atoms with Gasteiger partial charge in [0, 0.05) is 17.8 Å². The molecule has 5 nitrogen and oxygen atoms in total. The number of nitrogens with one attached hydrogen (secondary N) is 1. The summed E-state index contributed by atoms with van der Waals surface area (Å²) in [5.41, 5.74) is -1.10. The Labute approximate surface area is 160 Å². The van der Waals surface area contributed by atoms with Gasteiger partial charge >= 0.3 is 0 Å². The van der Waals surface area contributed by atoms with Crippen molar-refractivity contribution in [3.05, 3.63) is 29.9 Å². The van der Waals surface area contributed by atoms with Crippen LogP contribution in [0.1, 0.15) is 71.0 Å². The van der Waals surface area contributed by atoms with Crippen LogP contribution in [0.3, 0.4) is 0 Å². The van der Waals surface area contributed by atoms with E-state index in [9.17, 15) is 15.3 Å². The smallest absolute Gasteiger partial charge is 0.138 e. The largest absolute Gasteiger partial charge is 0.389 e. The third kappa shape index (κ3) is 2.03. The van der Waals surface area contributed by atoms with Crippen molar-refractivity contribution < 1.29 is 15.3 Å². The molecule has 27 heavy (non-hydrogen) atoms. The van der Waals surface area contributed by atoms with E-state index in [-0.39, 0.29) is 17.4 Å². The minimum atomic E-state index is -1.10. The van der Waals surface area contributed by atoms with Gasteiger partial charge < -0.3 is 20.3 Å². The highest BCUT2D eigenvalue weighted by Gasteiger charge is 2.72. The van der Waals surface area contributed by atoms with Gasteiger partial charge in [0.05, 0.1) is 11.7 Å². The zero-order chi connectivity index (χ0) is 19.1. The molecule has 4 N–H and O–H groups in total. The third-order valence-corrected chi connectivity index (χ3v) is 9.31. The van der Waals surface area contributed by atoms with Crippen LogP contribution in [0.15, 0.2) is 24.0 Å². The molecule has 0 aliphatic heterocycles. The van der Waals surface area contributed by atoms with Gasteiger partial charge in [-0.05, 0) is 68.6 Å². The number of imidazole rings is 1. The highest BCUT2D eigenvalue weighted by molar-refractivity contribution is 5.30. The monoisotopic (exact) mass is 372 g/mol. The molecule has 3 fully saturated rings. The Bertz CT molecular complexity index is 777. The minimum absolute atomic E-state index is 0.0740. The summed E-state index contributed by atoms with van der Waals surface area (Å²) in [4.78, 5) is 7.49. The summed E-state index contributed by atoms with van der Waals surface area (Å²) < 4.78 is 0. The predicted molar refractivity (Wildman–Crippen MR) is 102 cm³/mol. The Kier molecular flexibility index (Phi) is 3.62. The van der Waals surface area contributed by atoms with Crippen molar-refractivity contribution in [3.8, 4) is 0 Å². The number of rotatable bonds is 1. The summed E-state index contributed by atoms with van der Waals surface area (Å²) >= 11 is 0. The van der Waals surface area contributed by atoms with Crippen molar-refractivity contribution in [2.24, 2.45) is 22.7 Å². The topological polar surface area (TPSA) is 89.4 Å². The number of fused-ring (bicyclic) bond motifs is 5. The second-order valence-electron chi connectivity index (χ2n) is 10.1. The van der Waals surface area contributed by atoms with Crippen LogP contribution in [0.5, 0.6) is 0 Å². The Morgan fingerprint density at radius 2 is 1.85 bits per heavy atom. The molecule has 7 atom stereocenters. The van der Waals surface area contributed by atoms with Gasteiger partial charge in [-0.3, -0.25) is 0 Å². The van der Waals surface area contributed by atoms with Crippen LogP contribution < -0.4 is 0 Å². The molecule has 1 aromatic rings. The van der Waals surface area contributed by atoms with Gasteiger partial charge in [0.2, 0.25) is 0 Å². The quantitative estimate of drug-likeness (QED) is 0.571. The van der Waals surface area contributed by atoms with Crippen LogP contribution >= 0.6 is 0 Å². The van der Waals surface area contributed by atoms with E-state index in [0.717, 1.165) is 38.5 Å². The van der Waals surface area contributed by atoms with Gasteiger partial charge in [-0.2, -0.15) is 0 Å². The molecule has 5 heteroatoms. The number of aliphatic hydroxyl groups is 3. The van der Waals surface area contributed by atoms with E-state index in [1.807, 2.05) is 0 Å². The molecule has 1 aromatic heterocycles. The van der Waals surface area contributed by atoms with E-state index in [0.29, 0.717) is 24.6 Å². The first-order chi connectivity index (χ1) is 12.7. The summed E-state index contributed by atoms with van der Waals surface area (Å²) in [6.45, 7) is 4.43. The van der Waals surface area contributed by atoms with Crippen LogP contribution in [-0.4, -0.2) is 37.0 Å². The molecule has 148 valence electrons. The van der Waals surface area contributed by atoms with E-state index in [2.05, 4.69) is 29.9 Å². The van der Waals surface area contributed by atoms with Gasteiger partial charge in [0.1, 0.15) is 11.4 Å². The number of allylic oxidation sites excluding steroid dienone is 1. The lowest BCUT2D eigenvalue weighted by Gasteiger charge is -2.62. The first-order valence-corrected chi connectivity index (χ1v) is 10.6. The normalized spacial score (nSPS) is 51.9. The molecule has 5 rings (SSSR count). The highest BCUT2D eigenvalue weighted by Crippen LogP contribution is 2.70. The molecule has 0 amide bonds. The average molecular weight is 373 g/mol. The minimum Gasteiger partial charge on any atom is -0.389 e. The predicted octanol–water partition coefficient (Wildman–Crippen LogP) is 3.04. The average Bonchev–Trinajstić information content (AvgIpc) is 3.24. The Morgan fingerprint density at radius 3 is 2.59 bits per heavy atom. The lowest BCUT2D eigenvalue weighted by atomic mass is 9.44. The van der Waals surface area contributed by atoms with Crippen LogP contribution in [0.25, 0.3) is 0 Å². The highest BCUT2D eigenvalue weighted by atomic mass is 16.3. The van der Waals surface area contributed by atoms with Crippen molar-refractivity contribution in [1.29, 1.82) is 0 Å². The summed E-state index contributed by atoms with van der Waals surface area (Å²) in [5, 5.41) is 33.9. The SMILES string of the molecule is C[C@]12CCC(O)C=C1CC[C@@H]1[C@H]2CC[C@]2(C)C(O)(c3ncc[nH]3)CC[C@@]12O. The lowest BCUT2D eigenvalue weighted by Crippen LogP contribution is -2.63. The van der Waals surface area contributed by atoms with Crippen LogP contribution in [-0.2, 0) is 5.60 Å². The number of hydrogen-bond donors (Lipinski definition) is 4. The number of aromatic amines is 1. The van der Waals surface area contributed by atoms with Crippen molar-refractivity contribution in [1.82, 2.24) is 9.97 Å². The zero-order valence-corrected chi connectivity index (χ0v) is 16.4. The molecule has 4 aliphatic carbocycles. The van der Waals surface area contributed by atoms with Gasteiger partial charge in [0.25, 0.3) is 0 Å². The van der Waals surface area contributed by atoms with Gasteiger partial charge in [-0.1, -0.05) is 25.5 Å². The second-order valence-corrected chi connectivity index (χ2v) is 10.1. The molecule has 0 bridgehead atoms. The van der Waals surface area contributed by atoms with Crippen LogP contribution in [0.2, 0.25) is 0 Å². The maximum Gasteiger partial charge on any atom is 0.138 e. The first-order valence-electron chi connectivity index (χ1n) is 10.6. The fraction of sp³-hybridized carbons (Fsp3) is 0.773. The molecule has 0 saturated heterocycles. The number of H-pyrrole nitrogens is 1. The van der Waals surface area contributed by atoms with Crippen LogP contribution in [0, 0.1) is 22.7 Å². The van der Waals surface area contributed by atoms with Crippen molar-refractivity contribution in [2.75, 3.05) is 0 Å². The Hall–Kier alpha value is -1.17. The number of aromatic nitrogens is 2. The van der Waals surface area contributed by atoms with Crippen LogP contribution in [0.4, 0.5) is 0 Å². The van der Waals surface area contributed by atoms with Crippen molar-refractivity contribution in [2.45, 2.75) is 82.5 Å². The fourth-order valence-electron chi connectivity index (χ4n) is 7.57.